The molecule has 1 aromatic rings. The Morgan fingerprint density at radius 1 is 1.52 bits per heavy atom. The van der Waals surface area contributed by atoms with Crippen LogP contribution in [0.15, 0.2) is 24.3 Å². The molecule has 5 nitrogen and oxygen atoms in total. The Bertz CT molecular complexity index is 479. The van der Waals surface area contributed by atoms with Crippen LogP contribution < -0.4 is 10.1 Å². The third-order valence-electron chi connectivity index (χ3n) is 3.16. The average Bonchev–Trinajstić information content (AvgIpc) is 2.47. The smallest absolute Gasteiger partial charge is 0.387 e. The third kappa shape index (κ3) is 4.37. The summed E-state index contributed by atoms with van der Waals surface area (Å²) in [6.07, 6.45) is -0.101. The van der Waals surface area contributed by atoms with Crippen LogP contribution in [0.5, 0.6) is 5.75 Å². The lowest BCUT2D eigenvalue weighted by Crippen LogP contribution is -2.45. The number of hydrogen-bond donors (Lipinski definition) is 1. The Balaban J connectivity index is 2.04. The van der Waals surface area contributed by atoms with Gasteiger partial charge in [0.1, 0.15) is 5.75 Å². The molecule has 2 rings (SSSR count). The summed E-state index contributed by atoms with van der Waals surface area (Å²) in [7, 11) is 1.61. The molecule has 1 saturated heterocycles. The number of para-hydroxylation sites is 1. The van der Waals surface area contributed by atoms with Gasteiger partial charge >= 0.3 is 6.61 Å². The molecule has 0 saturated carbocycles. The molecule has 1 aromatic carbocycles. The molecular weight excluding hydrogens is 282 g/mol. The molecule has 1 atom stereocenters. The van der Waals surface area contributed by atoms with Gasteiger partial charge in [-0.3, -0.25) is 4.79 Å². The van der Waals surface area contributed by atoms with Crippen molar-refractivity contribution in [2.75, 3.05) is 33.3 Å². The van der Waals surface area contributed by atoms with Crippen LogP contribution in [0.3, 0.4) is 0 Å². The maximum Gasteiger partial charge on any atom is 0.387 e. The SMILES string of the molecule is CN(CC1CNCCO1)C(=O)c1ccccc1OC(F)F. The summed E-state index contributed by atoms with van der Waals surface area (Å²) in [5.74, 6) is -0.493. The van der Waals surface area contributed by atoms with Gasteiger partial charge in [0.15, 0.2) is 0 Å². The molecule has 0 aliphatic carbocycles. The highest BCUT2D eigenvalue weighted by Gasteiger charge is 2.22. The number of halogens is 2. The van der Waals surface area contributed by atoms with E-state index < -0.39 is 6.61 Å². The van der Waals surface area contributed by atoms with Gasteiger partial charge in [0.05, 0.1) is 18.3 Å². The van der Waals surface area contributed by atoms with Crippen molar-refractivity contribution in [1.29, 1.82) is 0 Å². The first-order valence-electron chi connectivity index (χ1n) is 6.69. The second kappa shape index (κ2) is 7.33. The molecule has 7 heteroatoms. The normalized spacial score (nSPS) is 18.6. The Labute approximate surface area is 121 Å². The lowest BCUT2D eigenvalue weighted by atomic mass is 10.1. The van der Waals surface area contributed by atoms with Crippen molar-refractivity contribution >= 4 is 5.91 Å². The Morgan fingerprint density at radius 2 is 2.29 bits per heavy atom. The fourth-order valence-electron chi connectivity index (χ4n) is 2.17. The number of likely N-dealkylation sites (N-methyl/N-ethyl adjacent to an activating group) is 1. The van der Waals surface area contributed by atoms with Crippen molar-refractivity contribution in [3.8, 4) is 5.75 Å². The highest BCUT2D eigenvalue weighted by molar-refractivity contribution is 5.96. The van der Waals surface area contributed by atoms with Crippen LogP contribution in [0, 0.1) is 0 Å². The van der Waals surface area contributed by atoms with Gasteiger partial charge in [-0.2, -0.15) is 8.78 Å². The Morgan fingerprint density at radius 3 is 2.95 bits per heavy atom. The number of carbonyl (C=O) groups is 1. The van der Waals surface area contributed by atoms with Gasteiger partial charge in [0.25, 0.3) is 5.91 Å². The van der Waals surface area contributed by atoms with Gasteiger partial charge in [0.2, 0.25) is 0 Å². The van der Waals surface area contributed by atoms with E-state index in [1.165, 1.54) is 17.0 Å². The van der Waals surface area contributed by atoms with E-state index in [1.54, 1.807) is 19.2 Å². The van der Waals surface area contributed by atoms with Crippen LogP contribution in [-0.4, -0.2) is 56.8 Å². The van der Waals surface area contributed by atoms with Crippen LogP contribution in [0.25, 0.3) is 0 Å². The third-order valence-corrected chi connectivity index (χ3v) is 3.16. The van der Waals surface area contributed by atoms with Gasteiger partial charge in [0, 0.05) is 26.7 Å². The lowest BCUT2D eigenvalue weighted by molar-refractivity contribution is -0.0503. The number of morpholine rings is 1. The highest BCUT2D eigenvalue weighted by atomic mass is 19.3. The maximum absolute atomic E-state index is 12.4. The molecule has 0 spiro atoms. The number of hydrogen-bond acceptors (Lipinski definition) is 4. The number of rotatable bonds is 5. The molecule has 116 valence electrons. The van der Waals surface area contributed by atoms with Gasteiger partial charge in [-0.1, -0.05) is 12.1 Å². The lowest BCUT2D eigenvalue weighted by Gasteiger charge is -2.28. The van der Waals surface area contributed by atoms with Crippen molar-refractivity contribution in [1.82, 2.24) is 10.2 Å². The van der Waals surface area contributed by atoms with Crippen LogP contribution in [-0.2, 0) is 4.74 Å². The van der Waals surface area contributed by atoms with Gasteiger partial charge < -0.3 is 19.7 Å². The minimum absolute atomic E-state index is 0.101. The molecule has 1 unspecified atom stereocenters. The molecule has 1 heterocycles. The number of carbonyl (C=O) groups excluding carboxylic acids is 1. The van der Waals surface area contributed by atoms with Crippen molar-refractivity contribution in [3.05, 3.63) is 29.8 Å². The Hall–Kier alpha value is -1.73. The number of nitrogens with zero attached hydrogens (tertiary/aromatic N) is 1. The van der Waals surface area contributed by atoms with Crippen molar-refractivity contribution in [3.63, 3.8) is 0 Å². The van der Waals surface area contributed by atoms with Gasteiger partial charge in [-0.05, 0) is 12.1 Å². The number of alkyl halides is 2. The summed E-state index contributed by atoms with van der Waals surface area (Å²) < 4.78 is 34.6. The highest BCUT2D eigenvalue weighted by Crippen LogP contribution is 2.21. The molecule has 1 N–H and O–H groups in total. The minimum atomic E-state index is -2.96. The fourth-order valence-corrected chi connectivity index (χ4v) is 2.17. The standard InChI is InChI=1S/C14H18F2N2O3/c1-18(9-10-8-17-6-7-20-10)13(19)11-4-2-3-5-12(11)21-14(15)16/h2-5,10,14,17H,6-9H2,1H3. The van der Waals surface area contributed by atoms with E-state index in [2.05, 4.69) is 10.1 Å². The van der Waals surface area contributed by atoms with E-state index in [9.17, 15) is 13.6 Å². The van der Waals surface area contributed by atoms with E-state index in [0.29, 0.717) is 19.7 Å². The summed E-state index contributed by atoms with van der Waals surface area (Å²) in [5, 5.41) is 3.17. The quantitative estimate of drug-likeness (QED) is 0.892. The largest absolute Gasteiger partial charge is 0.434 e. The number of ether oxygens (including phenoxy) is 2. The average molecular weight is 300 g/mol. The molecule has 1 amide bonds. The zero-order valence-corrected chi connectivity index (χ0v) is 11.7. The second-order valence-electron chi connectivity index (χ2n) is 4.76. The summed E-state index contributed by atoms with van der Waals surface area (Å²) in [6, 6.07) is 5.98. The first kappa shape index (κ1) is 15.7. The summed E-state index contributed by atoms with van der Waals surface area (Å²) in [5.41, 5.74) is 0.115. The van der Waals surface area contributed by atoms with E-state index >= 15 is 0 Å². The molecule has 1 fully saturated rings. The zero-order valence-electron chi connectivity index (χ0n) is 11.7. The van der Waals surface area contributed by atoms with E-state index in [1.807, 2.05) is 0 Å². The number of amides is 1. The van der Waals surface area contributed by atoms with Gasteiger partial charge in [-0.15, -0.1) is 0 Å². The molecule has 21 heavy (non-hydrogen) atoms. The predicted octanol–water partition coefficient (Wildman–Crippen LogP) is 1.35. The predicted molar refractivity (Wildman–Crippen MR) is 72.6 cm³/mol. The molecule has 1 aliphatic rings. The summed E-state index contributed by atoms with van der Waals surface area (Å²) in [6.45, 7) is -0.534. The van der Waals surface area contributed by atoms with E-state index in [0.717, 1.165) is 6.54 Å². The first-order chi connectivity index (χ1) is 10.1. The first-order valence-corrected chi connectivity index (χ1v) is 6.69. The van der Waals surface area contributed by atoms with Crippen molar-refractivity contribution in [2.24, 2.45) is 0 Å². The van der Waals surface area contributed by atoms with Crippen molar-refractivity contribution < 1.29 is 23.0 Å². The second-order valence-corrected chi connectivity index (χ2v) is 4.76. The van der Waals surface area contributed by atoms with Crippen LogP contribution in [0.2, 0.25) is 0 Å². The molecule has 0 radical (unpaired) electrons. The molecular formula is C14H18F2N2O3. The van der Waals surface area contributed by atoms with Crippen LogP contribution >= 0.6 is 0 Å². The minimum Gasteiger partial charge on any atom is -0.434 e. The monoisotopic (exact) mass is 300 g/mol. The van der Waals surface area contributed by atoms with Gasteiger partial charge in [-0.25, -0.2) is 0 Å². The van der Waals surface area contributed by atoms with Crippen molar-refractivity contribution in [2.45, 2.75) is 12.7 Å². The van der Waals surface area contributed by atoms with Crippen LogP contribution in [0.1, 0.15) is 10.4 Å². The summed E-state index contributed by atoms with van der Waals surface area (Å²) in [4.78, 5) is 13.8. The molecule has 0 aromatic heterocycles. The summed E-state index contributed by atoms with van der Waals surface area (Å²) >= 11 is 0. The zero-order chi connectivity index (χ0) is 15.2. The molecule has 1 aliphatic heterocycles. The van der Waals surface area contributed by atoms with E-state index in [-0.39, 0.29) is 23.3 Å². The molecule has 0 bridgehead atoms. The maximum atomic E-state index is 12.4. The number of benzene rings is 1. The number of nitrogens with one attached hydrogen (secondary N) is 1. The Kier molecular flexibility index (Phi) is 5.46. The van der Waals surface area contributed by atoms with Crippen LogP contribution in [0.4, 0.5) is 8.78 Å². The topological polar surface area (TPSA) is 50.8 Å². The van der Waals surface area contributed by atoms with E-state index in [4.69, 9.17) is 4.74 Å². The fraction of sp³-hybridized carbons (Fsp3) is 0.500.